The molecule has 76 valence electrons. The zero-order valence-electron chi connectivity index (χ0n) is 8.30. The normalized spacial score (nSPS) is 30.1. The summed E-state index contributed by atoms with van der Waals surface area (Å²) in [5.41, 5.74) is 5.40. The molecule has 0 saturated carbocycles. The van der Waals surface area contributed by atoms with Gasteiger partial charge in [0.25, 0.3) is 0 Å². The van der Waals surface area contributed by atoms with E-state index in [1.807, 2.05) is 13.8 Å². The first-order chi connectivity index (χ1) is 6.07. The molecule has 1 saturated heterocycles. The maximum Gasteiger partial charge on any atom is 0.237 e. The predicted molar refractivity (Wildman–Crippen MR) is 50.3 cm³/mol. The van der Waals surface area contributed by atoms with Crippen LogP contribution in [0.1, 0.15) is 26.7 Å². The van der Waals surface area contributed by atoms with Crippen molar-refractivity contribution in [1.82, 2.24) is 5.32 Å². The fraction of sp³-hybridized carbons (Fsp3) is 0.889. The van der Waals surface area contributed by atoms with Crippen molar-refractivity contribution in [3.8, 4) is 0 Å². The average molecular weight is 186 g/mol. The van der Waals surface area contributed by atoms with Gasteiger partial charge in [0.15, 0.2) is 0 Å². The van der Waals surface area contributed by atoms with Crippen LogP contribution in [0.4, 0.5) is 0 Å². The van der Waals surface area contributed by atoms with E-state index in [9.17, 15) is 4.79 Å². The number of nitrogens with one attached hydrogen (secondary N) is 1. The molecule has 2 atom stereocenters. The second-order valence-electron chi connectivity index (χ2n) is 3.87. The molecule has 13 heavy (non-hydrogen) atoms. The van der Waals surface area contributed by atoms with Gasteiger partial charge in [-0.3, -0.25) is 4.79 Å². The predicted octanol–water partition coefficient (Wildman–Crippen LogP) is 0.0189. The Bertz CT molecular complexity index is 188. The van der Waals surface area contributed by atoms with Crippen LogP contribution in [0.25, 0.3) is 0 Å². The molecule has 0 aromatic heterocycles. The van der Waals surface area contributed by atoms with Crippen molar-refractivity contribution in [3.05, 3.63) is 0 Å². The summed E-state index contributed by atoms with van der Waals surface area (Å²) in [6.45, 7) is 5.20. The second-order valence-corrected chi connectivity index (χ2v) is 3.87. The second kappa shape index (κ2) is 4.07. The summed E-state index contributed by atoms with van der Waals surface area (Å²) in [6, 6.07) is -0.391. The summed E-state index contributed by atoms with van der Waals surface area (Å²) in [6.07, 6.45) is 1.54. The molecule has 3 N–H and O–H groups in total. The van der Waals surface area contributed by atoms with Gasteiger partial charge in [0.1, 0.15) is 0 Å². The molecule has 4 nitrogen and oxygen atoms in total. The summed E-state index contributed by atoms with van der Waals surface area (Å²) in [5.74, 6) is -0.0736. The highest BCUT2D eigenvalue weighted by atomic mass is 16.5. The Morgan fingerprint density at radius 2 is 2.46 bits per heavy atom. The van der Waals surface area contributed by atoms with Crippen molar-refractivity contribution in [2.24, 2.45) is 5.73 Å². The van der Waals surface area contributed by atoms with E-state index >= 15 is 0 Å². The molecule has 0 spiro atoms. The summed E-state index contributed by atoms with van der Waals surface area (Å²) < 4.78 is 5.22. The van der Waals surface area contributed by atoms with Gasteiger partial charge in [-0.05, 0) is 19.8 Å². The Labute approximate surface area is 78.8 Å². The maximum absolute atomic E-state index is 11.4. The van der Waals surface area contributed by atoms with Gasteiger partial charge >= 0.3 is 0 Å². The lowest BCUT2D eigenvalue weighted by atomic mass is 10.0. The van der Waals surface area contributed by atoms with Crippen molar-refractivity contribution < 1.29 is 9.53 Å². The topological polar surface area (TPSA) is 64.4 Å². The minimum absolute atomic E-state index is 0.0736. The fourth-order valence-electron chi connectivity index (χ4n) is 1.34. The molecule has 0 bridgehead atoms. The Morgan fingerprint density at radius 1 is 1.77 bits per heavy atom. The Kier molecular flexibility index (Phi) is 3.27. The van der Waals surface area contributed by atoms with Gasteiger partial charge in [0.05, 0.1) is 18.2 Å². The summed E-state index contributed by atoms with van der Waals surface area (Å²) in [4.78, 5) is 11.4. The van der Waals surface area contributed by atoms with Crippen LogP contribution in [0.2, 0.25) is 0 Å². The number of hydrogen-bond donors (Lipinski definition) is 2. The summed E-state index contributed by atoms with van der Waals surface area (Å²) in [7, 11) is 0. The van der Waals surface area contributed by atoms with Gasteiger partial charge in [-0.25, -0.2) is 0 Å². The van der Waals surface area contributed by atoms with E-state index in [2.05, 4.69) is 5.32 Å². The van der Waals surface area contributed by atoms with Crippen molar-refractivity contribution >= 4 is 5.91 Å². The minimum Gasteiger partial charge on any atom is -0.379 e. The molecule has 4 heteroatoms. The summed E-state index contributed by atoms with van der Waals surface area (Å²) in [5, 5.41) is 2.92. The number of hydrogen-bond acceptors (Lipinski definition) is 3. The third-order valence-electron chi connectivity index (χ3n) is 2.42. The van der Waals surface area contributed by atoms with Crippen LogP contribution in [0.15, 0.2) is 0 Å². The Balaban J connectivity index is 2.43. The molecule has 1 unspecified atom stereocenters. The first kappa shape index (κ1) is 10.5. The largest absolute Gasteiger partial charge is 0.379 e. The van der Waals surface area contributed by atoms with Gasteiger partial charge in [0.2, 0.25) is 5.91 Å². The molecule has 1 heterocycles. The highest BCUT2D eigenvalue weighted by molar-refractivity contribution is 5.82. The van der Waals surface area contributed by atoms with E-state index in [1.54, 1.807) is 0 Å². The molecule has 0 radical (unpaired) electrons. The van der Waals surface area contributed by atoms with Crippen LogP contribution in [-0.2, 0) is 9.53 Å². The van der Waals surface area contributed by atoms with E-state index in [1.165, 1.54) is 0 Å². The third kappa shape index (κ3) is 2.67. The van der Waals surface area contributed by atoms with Crippen LogP contribution in [-0.4, -0.2) is 30.7 Å². The molecule has 0 aliphatic carbocycles. The molecule has 1 aliphatic rings. The van der Waals surface area contributed by atoms with E-state index in [0.717, 1.165) is 13.0 Å². The number of carbonyl (C=O) groups excluding carboxylic acids is 1. The van der Waals surface area contributed by atoms with Crippen molar-refractivity contribution in [2.75, 3.05) is 13.2 Å². The van der Waals surface area contributed by atoms with Crippen molar-refractivity contribution in [3.63, 3.8) is 0 Å². The molecule has 1 amide bonds. The van der Waals surface area contributed by atoms with Gasteiger partial charge in [-0.15, -0.1) is 0 Å². The highest BCUT2D eigenvalue weighted by Gasteiger charge is 2.32. The first-order valence-electron chi connectivity index (χ1n) is 4.73. The van der Waals surface area contributed by atoms with Crippen LogP contribution in [0.3, 0.4) is 0 Å². The lowest BCUT2D eigenvalue weighted by Gasteiger charge is -2.25. The van der Waals surface area contributed by atoms with Crippen molar-refractivity contribution in [2.45, 2.75) is 38.3 Å². The highest BCUT2D eigenvalue weighted by Crippen LogP contribution is 2.17. The fourth-order valence-corrected chi connectivity index (χ4v) is 1.34. The molecule has 1 aliphatic heterocycles. The zero-order chi connectivity index (χ0) is 9.90. The smallest absolute Gasteiger partial charge is 0.237 e. The van der Waals surface area contributed by atoms with Crippen molar-refractivity contribution in [1.29, 1.82) is 0 Å². The van der Waals surface area contributed by atoms with Crippen LogP contribution in [0, 0.1) is 0 Å². The minimum atomic E-state index is -0.391. The Hall–Kier alpha value is -0.610. The lowest BCUT2D eigenvalue weighted by molar-refractivity contribution is -0.124. The molecular weight excluding hydrogens is 168 g/mol. The van der Waals surface area contributed by atoms with Gasteiger partial charge < -0.3 is 15.8 Å². The first-order valence-corrected chi connectivity index (χ1v) is 4.73. The lowest BCUT2D eigenvalue weighted by Crippen LogP contribution is -2.52. The van der Waals surface area contributed by atoms with Crippen LogP contribution >= 0.6 is 0 Å². The molecule has 1 rings (SSSR count). The zero-order valence-corrected chi connectivity index (χ0v) is 8.30. The number of amides is 1. The number of ether oxygens (including phenoxy) is 1. The molecule has 0 aromatic carbocycles. The van der Waals surface area contributed by atoms with E-state index < -0.39 is 6.04 Å². The molecular formula is C9H18N2O2. The number of rotatable bonds is 3. The van der Waals surface area contributed by atoms with Gasteiger partial charge in [-0.2, -0.15) is 0 Å². The van der Waals surface area contributed by atoms with Crippen LogP contribution in [0.5, 0.6) is 0 Å². The maximum atomic E-state index is 11.4. The third-order valence-corrected chi connectivity index (χ3v) is 2.42. The Morgan fingerprint density at radius 3 is 2.92 bits per heavy atom. The average Bonchev–Trinajstić information content (AvgIpc) is 2.50. The number of nitrogens with two attached hydrogens (primary N) is 1. The summed E-state index contributed by atoms with van der Waals surface area (Å²) >= 11 is 0. The van der Waals surface area contributed by atoms with E-state index in [4.69, 9.17) is 10.5 Å². The quantitative estimate of drug-likeness (QED) is 0.653. The van der Waals surface area contributed by atoms with E-state index in [-0.39, 0.29) is 11.4 Å². The number of carbonyl (C=O) groups is 1. The van der Waals surface area contributed by atoms with Gasteiger partial charge in [-0.1, -0.05) is 6.92 Å². The molecule has 0 aromatic rings. The molecule has 1 fully saturated rings. The SMILES string of the molecule is CC[C@@H](N)C(=O)NC1(C)CCOC1. The van der Waals surface area contributed by atoms with E-state index in [0.29, 0.717) is 13.0 Å². The van der Waals surface area contributed by atoms with Crippen LogP contribution < -0.4 is 11.1 Å². The standard InChI is InChI=1S/C9H18N2O2/c1-3-7(10)8(12)11-9(2)4-5-13-6-9/h7H,3-6,10H2,1-2H3,(H,11,12)/t7-,9?/m1/s1. The monoisotopic (exact) mass is 186 g/mol. The van der Waals surface area contributed by atoms with Gasteiger partial charge in [0, 0.05) is 6.61 Å².